The first-order valence-electron chi connectivity index (χ1n) is 7.26. The highest BCUT2D eigenvalue weighted by molar-refractivity contribution is 5.16. The zero-order chi connectivity index (χ0) is 13.7. The van der Waals surface area contributed by atoms with Gasteiger partial charge in [0.1, 0.15) is 5.82 Å². The van der Waals surface area contributed by atoms with Crippen LogP contribution in [0.2, 0.25) is 0 Å². The fraction of sp³-hybridized carbons (Fsp3) is 0.625. The lowest BCUT2D eigenvalue weighted by atomic mass is 10.1. The molecule has 0 amide bonds. The Hall–Kier alpha value is -0.930. The maximum Gasteiger partial charge on any atom is 0.123 e. The Morgan fingerprint density at radius 1 is 1.37 bits per heavy atom. The molecule has 2 nitrogen and oxygen atoms in total. The van der Waals surface area contributed by atoms with Crippen LogP contribution in [0.5, 0.6) is 0 Å². The fourth-order valence-corrected chi connectivity index (χ4v) is 2.97. The fourth-order valence-electron chi connectivity index (χ4n) is 2.97. The van der Waals surface area contributed by atoms with Crippen LogP contribution < -0.4 is 0 Å². The molecule has 1 fully saturated rings. The van der Waals surface area contributed by atoms with Crippen molar-refractivity contribution in [2.24, 2.45) is 5.92 Å². The molecule has 0 heterocycles. The van der Waals surface area contributed by atoms with Gasteiger partial charge in [-0.05, 0) is 62.9 Å². The molecule has 0 radical (unpaired) electrons. The van der Waals surface area contributed by atoms with Crippen molar-refractivity contribution in [3.8, 4) is 0 Å². The molecule has 106 valence electrons. The quantitative estimate of drug-likeness (QED) is 0.855. The molecule has 1 N–H and O–H groups in total. The van der Waals surface area contributed by atoms with E-state index >= 15 is 0 Å². The summed E-state index contributed by atoms with van der Waals surface area (Å²) in [4.78, 5) is 2.29. The number of nitrogens with zero attached hydrogens (tertiary/aromatic N) is 1. The lowest BCUT2D eigenvalue weighted by Crippen LogP contribution is -2.30. The molecule has 0 aromatic heterocycles. The zero-order valence-electron chi connectivity index (χ0n) is 11.7. The third-order valence-corrected chi connectivity index (χ3v) is 4.06. The van der Waals surface area contributed by atoms with E-state index in [4.69, 9.17) is 0 Å². The van der Waals surface area contributed by atoms with E-state index in [1.807, 2.05) is 6.07 Å². The van der Waals surface area contributed by atoms with Gasteiger partial charge in [-0.2, -0.15) is 0 Å². The summed E-state index contributed by atoms with van der Waals surface area (Å²) >= 11 is 0. The van der Waals surface area contributed by atoms with E-state index in [-0.39, 0.29) is 11.9 Å². The molecule has 2 unspecified atom stereocenters. The second kappa shape index (κ2) is 7.01. The van der Waals surface area contributed by atoms with Gasteiger partial charge in [0.25, 0.3) is 0 Å². The third kappa shape index (κ3) is 4.59. The van der Waals surface area contributed by atoms with Crippen molar-refractivity contribution in [2.75, 3.05) is 20.1 Å². The Balaban J connectivity index is 1.67. The summed E-state index contributed by atoms with van der Waals surface area (Å²) in [5.41, 5.74) is 1.06. The Kier molecular flexibility index (Phi) is 5.34. The summed E-state index contributed by atoms with van der Waals surface area (Å²) in [6.45, 7) is 1.98. The van der Waals surface area contributed by atoms with Gasteiger partial charge in [-0.15, -0.1) is 0 Å². The molecule has 3 heteroatoms. The van der Waals surface area contributed by atoms with Crippen molar-refractivity contribution in [3.05, 3.63) is 35.6 Å². The highest BCUT2D eigenvalue weighted by Crippen LogP contribution is 2.25. The highest BCUT2D eigenvalue weighted by atomic mass is 19.1. The van der Waals surface area contributed by atoms with Crippen molar-refractivity contribution in [2.45, 2.75) is 38.2 Å². The molecule has 19 heavy (non-hydrogen) atoms. The van der Waals surface area contributed by atoms with Crippen LogP contribution in [-0.2, 0) is 6.42 Å². The Bertz CT molecular complexity index is 396. The maximum atomic E-state index is 13.0. The van der Waals surface area contributed by atoms with Gasteiger partial charge in [0, 0.05) is 6.54 Å². The molecule has 0 aliphatic heterocycles. The van der Waals surface area contributed by atoms with E-state index in [9.17, 15) is 9.50 Å². The van der Waals surface area contributed by atoms with E-state index in [1.165, 1.54) is 6.07 Å². The summed E-state index contributed by atoms with van der Waals surface area (Å²) in [7, 11) is 2.11. The summed E-state index contributed by atoms with van der Waals surface area (Å²) in [5, 5.41) is 9.80. The van der Waals surface area contributed by atoms with Crippen LogP contribution in [0.1, 0.15) is 31.2 Å². The average molecular weight is 265 g/mol. The summed E-state index contributed by atoms with van der Waals surface area (Å²) in [5.74, 6) is 0.291. The molecular weight excluding hydrogens is 241 g/mol. The van der Waals surface area contributed by atoms with Gasteiger partial charge in [0.2, 0.25) is 0 Å². The third-order valence-electron chi connectivity index (χ3n) is 4.06. The van der Waals surface area contributed by atoms with Crippen LogP contribution >= 0.6 is 0 Å². The molecule has 1 aliphatic rings. The molecule has 1 aromatic carbocycles. The second-order valence-electron chi connectivity index (χ2n) is 5.75. The molecule has 0 spiro atoms. The molecule has 1 aromatic rings. The van der Waals surface area contributed by atoms with Crippen LogP contribution in [0.15, 0.2) is 24.3 Å². The molecule has 2 atom stereocenters. The number of halogens is 1. The van der Waals surface area contributed by atoms with Crippen LogP contribution in [0.4, 0.5) is 4.39 Å². The highest BCUT2D eigenvalue weighted by Gasteiger charge is 2.25. The Labute approximate surface area is 115 Å². The van der Waals surface area contributed by atoms with Gasteiger partial charge in [-0.1, -0.05) is 18.6 Å². The summed E-state index contributed by atoms with van der Waals surface area (Å²) < 4.78 is 13.0. The van der Waals surface area contributed by atoms with Gasteiger partial charge in [0.05, 0.1) is 6.10 Å². The predicted octanol–water partition coefficient (Wildman–Crippen LogP) is 2.85. The van der Waals surface area contributed by atoms with E-state index in [2.05, 4.69) is 11.9 Å². The van der Waals surface area contributed by atoms with Crippen LogP contribution in [0, 0.1) is 11.7 Å². The molecule has 0 bridgehead atoms. The predicted molar refractivity (Wildman–Crippen MR) is 75.6 cm³/mol. The van der Waals surface area contributed by atoms with E-state index in [0.717, 1.165) is 50.8 Å². The van der Waals surface area contributed by atoms with Gasteiger partial charge in [-0.25, -0.2) is 4.39 Å². The molecule has 1 aliphatic carbocycles. The minimum atomic E-state index is -0.153. The van der Waals surface area contributed by atoms with E-state index in [0.29, 0.717) is 5.92 Å². The van der Waals surface area contributed by atoms with Crippen molar-refractivity contribution in [1.82, 2.24) is 4.90 Å². The van der Waals surface area contributed by atoms with Crippen molar-refractivity contribution >= 4 is 0 Å². The Morgan fingerprint density at radius 3 is 2.89 bits per heavy atom. The van der Waals surface area contributed by atoms with Crippen molar-refractivity contribution in [3.63, 3.8) is 0 Å². The van der Waals surface area contributed by atoms with Crippen LogP contribution in [0.25, 0.3) is 0 Å². The van der Waals surface area contributed by atoms with Crippen molar-refractivity contribution < 1.29 is 9.50 Å². The molecule has 1 saturated carbocycles. The number of rotatable bonds is 6. The smallest absolute Gasteiger partial charge is 0.123 e. The van der Waals surface area contributed by atoms with Crippen LogP contribution in [0.3, 0.4) is 0 Å². The molecule has 2 rings (SSSR count). The second-order valence-corrected chi connectivity index (χ2v) is 5.75. The Morgan fingerprint density at radius 2 is 2.21 bits per heavy atom. The number of aliphatic hydroxyl groups excluding tert-OH is 1. The standard InChI is InChI=1S/C16H24FNO/c1-18(12-14-7-3-9-16(14)19)10-4-6-13-5-2-8-15(17)11-13/h2,5,8,11,14,16,19H,3-4,6-7,9-10,12H2,1H3. The first-order chi connectivity index (χ1) is 9.15. The van der Waals surface area contributed by atoms with Crippen LogP contribution in [-0.4, -0.2) is 36.2 Å². The minimum absolute atomic E-state index is 0.106. The number of aryl methyl sites for hydroxylation is 1. The lowest BCUT2D eigenvalue weighted by Gasteiger charge is -2.23. The SMILES string of the molecule is CN(CCCc1cccc(F)c1)CC1CCCC1O. The number of hydrogen-bond donors (Lipinski definition) is 1. The monoisotopic (exact) mass is 265 g/mol. The number of aliphatic hydroxyl groups is 1. The largest absolute Gasteiger partial charge is 0.393 e. The van der Waals surface area contributed by atoms with Crippen molar-refractivity contribution in [1.29, 1.82) is 0 Å². The summed E-state index contributed by atoms with van der Waals surface area (Å²) in [6.07, 6.45) is 5.10. The molecule has 0 saturated heterocycles. The summed E-state index contributed by atoms with van der Waals surface area (Å²) in [6, 6.07) is 6.84. The van der Waals surface area contributed by atoms with Gasteiger partial charge in [-0.3, -0.25) is 0 Å². The lowest BCUT2D eigenvalue weighted by molar-refractivity contribution is 0.109. The number of benzene rings is 1. The maximum absolute atomic E-state index is 13.0. The normalized spacial score (nSPS) is 23.2. The topological polar surface area (TPSA) is 23.5 Å². The first kappa shape index (κ1) is 14.5. The van der Waals surface area contributed by atoms with E-state index < -0.39 is 0 Å². The number of hydrogen-bond acceptors (Lipinski definition) is 2. The van der Waals surface area contributed by atoms with Gasteiger partial charge >= 0.3 is 0 Å². The zero-order valence-corrected chi connectivity index (χ0v) is 11.7. The average Bonchev–Trinajstić information content (AvgIpc) is 2.75. The van der Waals surface area contributed by atoms with E-state index in [1.54, 1.807) is 12.1 Å². The van der Waals surface area contributed by atoms with Gasteiger partial charge < -0.3 is 10.0 Å². The van der Waals surface area contributed by atoms with Gasteiger partial charge in [0.15, 0.2) is 0 Å². The first-order valence-corrected chi connectivity index (χ1v) is 7.26. The molecular formula is C16H24FNO. The minimum Gasteiger partial charge on any atom is -0.393 e.